The van der Waals surface area contributed by atoms with Crippen LogP contribution in [-0.2, 0) is 14.8 Å². The minimum atomic E-state index is -3.82. The highest BCUT2D eigenvalue weighted by atomic mass is 32.2. The van der Waals surface area contributed by atoms with Crippen LogP contribution >= 0.6 is 0 Å². The van der Waals surface area contributed by atoms with E-state index in [0.717, 1.165) is 5.56 Å². The van der Waals surface area contributed by atoms with Crippen molar-refractivity contribution >= 4 is 27.5 Å². The highest BCUT2D eigenvalue weighted by molar-refractivity contribution is 7.89. The summed E-state index contributed by atoms with van der Waals surface area (Å²) in [5.41, 5.74) is 7.92. The van der Waals surface area contributed by atoms with Gasteiger partial charge in [-0.2, -0.15) is 0 Å². The number of nitrogens with two attached hydrogens (primary N) is 2. The van der Waals surface area contributed by atoms with Crippen molar-refractivity contribution in [3.63, 3.8) is 0 Å². The van der Waals surface area contributed by atoms with Crippen molar-refractivity contribution in [2.24, 2.45) is 10.9 Å². The van der Waals surface area contributed by atoms with Gasteiger partial charge in [0, 0.05) is 11.3 Å². The van der Waals surface area contributed by atoms with Crippen LogP contribution in [0.15, 0.2) is 77.7 Å². The number of sulfonamides is 1. The molecule has 0 aliphatic carbocycles. The van der Waals surface area contributed by atoms with E-state index in [0.29, 0.717) is 29.0 Å². The molecule has 0 saturated heterocycles. The SMILES string of the molecule is CCC(Oc1cccc(C(=N)N)c1)C(=O)Nc1cccc(-c2cccc(S(N)(=O)=O)c2)c1. The Balaban J connectivity index is 1.78. The van der Waals surface area contributed by atoms with E-state index in [1.54, 1.807) is 60.7 Å². The molecule has 1 atom stereocenters. The van der Waals surface area contributed by atoms with Crippen molar-refractivity contribution in [1.29, 1.82) is 5.41 Å². The van der Waals surface area contributed by atoms with Crippen molar-refractivity contribution in [2.45, 2.75) is 24.3 Å². The van der Waals surface area contributed by atoms with Crippen LogP contribution in [0.3, 0.4) is 0 Å². The maximum Gasteiger partial charge on any atom is 0.265 e. The van der Waals surface area contributed by atoms with E-state index >= 15 is 0 Å². The van der Waals surface area contributed by atoms with Crippen LogP contribution in [-0.4, -0.2) is 26.3 Å². The molecule has 0 radical (unpaired) electrons. The molecule has 1 amide bonds. The van der Waals surface area contributed by atoms with Gasteiger partial charge in [0.25, 0.3) is 5.91 Å². The van der Waals surface area contributed by atoms with Gasteiger partial charge in [0.05, 0.1) is 4.90 Å². The van der Waals surface area contributed by atoms with Crippen molar-refractivity contribution in [2.75, 3.05) is 5.32 Å². The quantitative estimate of drug-likeness (QED) is 0.306. The zero-order valence-corrected chi connectivity index (χ0v) is 18.2. The fourth-order valence-electron chi connectivity index (χ4n) is 3.08. The van der Waals surface area contributed by atoms with E-state index in [1.165, 1.54) is 12.1 Å². The molecule has 0 spiro atoms. The molecule has 6 N–H and O–H groups in total. The first-order valence-corrected chi connectivity index (χ1v) is 11.4. The molecule has 0 saturated carbocycles. The molecule has 0 fully saturated rings. The van der Waals surface area contributed by atoms with E-state index in [4.69, 9.17) is 21.0 Å². The minimum Gasteiger partial charge on any atom is -0.481 e. The number of carbonyl (C=O) groups is 1. The zero-order chi connectivity index (χ0) is 23.3. The first-order chi connectivity index (χ1) is 15.2. The molecular formula is C23H24N4O4S. The molecule has 0 aliphatic heterocycles. The highest BCUT2D eigenvalue weighted by Crippen LogP contribution is 2.25. The fourth-order valence-corrected chi connectivity index (χ4v) is 3.63. The average molecular weight is 453 g/mol. The summed E-state index contributed by atoms with van der Waals surface area (Å²) >= 11 is 0. The summed E-state index contributed by atoms with van der Waals surface area (Å²) in [6.07, 6.45) is -0.335. The monoisotopic (exact) mass is 452 g/mol. The third kappa shape index (κ3) is 5.71. The number of nitrogen functional groups attached to an aromatic ring is 1. The number of nitrogens with one attached hydrogen (secondary N) is 2. The third-order valence-electron chi connectivity index (χ3n) is 4.71. The Kier molecular flexibility index (Phi) is 6.92. The predicted molar refractivity (Wildman–Crippen MR) is 124 cm³/mol. The van der Waals surface area contributed by atoms with Gasteiger partial charge in [-0.1, -0.05) is 43.3 Å². The topological polar surface area (TPSA) is 148 Å². The number of primary sulfonamides is 1. The van der Waals surface area contributed by atoms with Gasteiger partial charge in [-0.15, -0.1) is 0 Å². The Morgan fingerprint density at radius 1 is 1.03 bits per heavy atom. The first-order valence-electron chi connectivity index (χ1n) is 9.82. The number of carbonyl (C=O) groups excluding carboxylic acids is 1. The molecule has 1 unspecified atom stereocenters. The van der Waals surface area contributed by atoms with E-state index in [9.17, 15) is 13.2 Å². The van der Waals surface area contributed by atoms with E-state index < -0.39 is 16.1 Å². The lowest BCUT2D eigenvalue weighted by atomic mass is 10.1. The maximum atomic E-state index is 12.8. The van der Waals surface area contributed by atoms with Gasteiger partial charge in [0.2, 0.25) is 10.0 Å². The molecule has 166 valence electrons. The summed E-state index contributed by atoms with van der Waals surface area (Å²) in [4.78, 5) is 12.8. The van der Waals surface area contributed by atoms with Crippen molar-refractivity contribution in [3.05, 3.63) is 78.4 Å². The molecule has 0 bridgehead atoms. The molecule has 3 aromatic carbocycles. The lowest BCUT2D eigenvalue weighted by Gasteiger charge is -2.18. The average Bonchev–Trinajstić information content (AvgIpc) is 2.77. The summed E-state index contributed by atoms with van der Waals surface area (Å²) in [6, 6.07) is 20.0. The second-order valence-electron chi connectivity index (χ2n) is 7.10. The Morgan fingerprint density at radius 2 is 1.69 bits per heavy atom. The molecule has 9 heteroatoms. The zero-order valence-electron chi connectivity index (χ0n) is 17.4. The van der Waals surface area contributed by atoms with Crippen LogP contribution in [0, 0.1) is 5.41 Å². The van der Waals surface area contributed by atoms with E-state index in [-0.39, 0.29) is 16.6 Å². The van der Waals surface area contributed by atoms with Gasteiger partial charge in [-0.3, -0.25) is 10.2 Å². The van der Waals surface area contributed by atoms with Crippen LogP contribution in [0.25, 0.3) is 11.1 Å². The van der Waals surface area contributed by atoms with Gasteiger partial charge < -0.3 is 15.8 Å². The van der Waals surface area contributed by atoms with Crippen LogP contribution in [0.4, 0.5) is 5.69 Å². The van der Waals surface area contributed by atoms with Gasteiger partial charge >= 0.3 is 0 Å². The summed E-state index contributed by atoms with van der Waals surface area (Å²) in [7, 11) is -3.82. The smallest absolute Gasteiger partial charge is 0.265 e. The third-order valence-corrected chi connectivity index (χ3v) is 5.62. The molecule has 8 nitrogen and oxygen atoms in total. The molecule has 0 aliphatic rings. The highest BCUT2D eigenvalue weighted by Gasteiger charge is 2.19. The number of ether oxygens (including phenoxy) is 1. The number of rotatable bonds is 8. The van der Waals surface area contributed by atoms with Crippen molar-refractivity contribution in [3.8, 4) is 16.9 Å². The van der Waals surface area contributed by atoms with Crippen LogP contribution in [0.5, 0.6) is 5.75 Å². The molecule has 0 aromatic heterocycles. The van der Waals surface area contributed by atoms with E-state index in [1.807, 2.05) is 6.92 Å². The second-order valence-corrected chi connectivity index (χ2v) is 8.66. The van der Waals surface area contributed by atoms with Crippen molar-refractivity contribution < 1.29 is 17.9 Å². The Bertz CT molecular complexity index is 1260. The normalized spacial score (nSPS) is 12.1. The summed E-state index contributed by atoms with van der Waals surface area (Å²) < 4.78 is 29.1. The summed E-state index contributed by atoms with van der Waals surface area (Å²) in [5.74, 6) is 0.0145. The fraction of sp³-hybridized carbons (Fsp3) is 0.130. The number of amidine groups is 1. The number of anilines is 1. The van der Waals surface area contributed by atoms with Gasteiger partial charge in [0.1, 0.15) is 11.6 Å². The first kappa shape index (κ1) is 23.0. The number of benzene rings is 3. The Labute approximate surface area is 186 Å². The lowest BCUT2D eigenvalue weighted by molar-refractivity contribution is -0.122. The molecule has 32 heavy (non-hydrogen) atoms. The predicted octanol–water partition coefficient (Wildman–Crippen LogP) is 3.08. The molecule has 3 rings (SSSR count). The maximum absolute atomic E-state index is 12.8. The van der Waals surface area contributed by atoms with Crippen LogP contribution in [0.1, 0.15) is 18.9 Å². The summed E-state index contributed by atoms with van der Waals surface area (Å²) in [6.45, 7) is 1.83. The van der Waals surface area contributed by atoms with Crippen molar-refractivity contribution in [1.82, 2.24) is 0 Å². The van der Waals surface area contributed by atoms with Gasteiger partial charge in [-0.25, -0.2) is 13.6 Å². The van der Waals surface area contributed by atoms with Gasteiger partial charge in [-0.05, 0) is 53.9 Å². The van der Waals surface area contributed by atoms with Crippen LogP contribution < -0.4 is 20.9 Å². The number of hydrogen-bond donors (Lipinski definition) is 4. The Morgan fingerprint density at radius 3 is 2.34 bits per heavy atom. The Hall–Kier alpha value is -3.69. The van der Waals surface area contributed by atoms with Crippen LogP contribution in [0.2, 0.25) is 0 Å². The largest absolute Gasteiger partial charge is 0.481 e. The molecule has 0 heterocycles. The van der Waals surface area contributed by atoms with E-state index in [2.05, 4.69) is 5.32 Å². The summed E-state index contributed by atoms with van der Waals surface area (Å²) in [5, 5.41) is 15.6. The number of hydrogen-bond acceptors (Lipinski definition) is 5. The minimum absolute atomic E-state index is 0.0108. The molecule has 3 aromatic rings. The lowest BCUT2D eigenvalue weighted by Crippen LogP contribution is -2.32. The number of amides is 1. The standard InChI is InChI=1S/C23H24N4O4S/c1-2-21(31-19-10-4-8-17(13-19)22(24)25)23(28)27-18-9-3-6-15(12-18)16-7-5-11-20(14-16)32(26,29)30/h3-14,21H,2H2,1H3,(H3,24,25)(H,27,28)(H2,26,29,30). The second kappa shape index (κ2) is 9.63. The molecular weight excluding hydrogens is 428 g/mol. The van der Waals surface area contributed by atoms with Gasteiger partial charge in [0.15, 0.2) is 6.10 Å².